The van der Waals surface area contributed by atoms with Crippen molar-refractivity contribution in [2.24, 2.45) is 5.41 Å². The molecule has 0 N–H and O–H groups in total. The topological polar surface area (TPSA) is 0 Å². The molecule has 140 valence electrons. The maximum atomic E-state index is 4.35. The first kappa shape index (κ1) is 19.4. The van der Waals surface area contributed by atoms with E-state index in [1.807, 2.05) is 0 Å². The van der Waals surface area contributed by atoms with Crippen LogP contribution < -0.4 is 0 Å². The Morgan fingerprint density at radius 2 is 1.48 bits per heavy atom. The van der Waals surface area contributed by atoms with Crippen molar-refractivity contribution in [1.29, 1.82) is 0 Å². The van der Waals surface area contributed by atoms with Gasteiger partial charge in [-0.3, -0.25) is 0 Å². The lowest BCUT2D eigenvalue weighted by molar-refractivity contribution is 0.297. The molecule has 0 saturated carbocycles. The van der Waals surface area contributed by atoms with Gasteiger partial charge in [0.25, 0.3) is 0 Å². The third-order valence-electron chi connectivity index (χ3n) is 5.81. The minimum Gasteiger partial charge on any atom is -0.0958 e. The number of hydrogen-bond acceptors (Lipinski definition) is 0. The van der Waals surface area contributed by atoms with Gasteiger partial charge in [-0.25, -0.2) is 0 Å². The molecule has 3 rings (SSSR count). The third-order valence-corrected chi connectivity index (χ3v) is 5.81. The Hall–Kier alpha value is -2.34. The van der Waals surface area contributed by atoms with Gasteiger partial charge in [0.1, 0.15) is 0 Å². The number of hydrogen-bond donors (Lipinski definition) is 0. The van der Waals surface area contributed by atoms with Gasteiger partial charge in [0.15, 0.2) is 0 Å². The van der Waals surface area contributed by atoms with Crippen molar-refractivity contribution < 1.29 is 0 Å². The van der Waals surface area contributed by atoms with Crippen LogP contribution in [-0.4, -0.2) is 0 Å². The van der Waals surface area contributed by atoms with E-state index in [9.17, 15) is 0 Å². The Bertz CT molecular complexity index is 861. The van der Waals surface area contributed by atoms with E-state index in [0.717, 1.165) is 18.4 Å². The van der Waals surface area contributed by atoms with E-state index in [4.69, 9.17) is 0 Å². The zero-order valence-electron chi connectivity index (χ0n) is 17.5. The second kappa shape index (κ2) is 7.72. The molecule has 0 nitrogen and oxygen atoms in total. The summed E-state index contributed by atoms with van der Waals surface area (Å²) in [6, 6.07) is 18.0. The second-order valence-electron chi connectivity index (χ2n) is 8.77. The Labute approximate surface area is 165 Å². The molecule has 0 saturated heterocycles. The fourth-order valence-electron chi connectivity index (χ4n) is 4.50. The molecule has 1 aliphatic rings. The van der Waals surface area contributed by atoms with Crippen molar-refractivity contribution in [1.82, 2.24) is 0 Å². The Morgan fingerprint density at radius 3 is 1.96 bits per heavy atom. The molecular weight excluding hydrogens is 324 g/mol. The molecule has 1 atom stereocenters. The number of fused-ring (bicyclic) bond motifs is 1. The van der Waals surface area contributed by atoms with Gasteiger partial charge in [-0.2, -0.15) is 0 Å². The Kier molecular flexibility index (Phi) is 5.56. The largest absolute Gasteiger partial charge is 0.0958 e. The van der Waals surface area contributed by atoms with Crippen molar-refractivity contribution in [3.8, 4) is 0 Å². The quantitative estimate of drug-likeness (QED) is 0.491. The van der Waals surface area contributed by atoms with Crippen molar-refractivity contribution in [3.05, 3.63) is 106 Å². The smallest absolute Gasteiger partial charge is 0.0152 e. The van der Waals surface area contributed by atoms with E-state index in [1.54, 1.807) is 0 Å². The normalized spacial score (nSPS) is 16.6. The average molecular weight is 357 g/mol. The van der Waals surface area contributed by atoms with E-state index < -0.39 is 0 Å². The minimum absolute atomic E-state index is 0.152. The summed E-state index contributed by atoms with van der Waals surface area (Å²) in [7, 11) is 0. The zero-order valence-corrected chi connectivity index (χ0v) is 17.5. The van der Waals surface area contributed by atoms with Crippen molar-refractivity contribution in [2.45, 2.75) is 53.4 Å². The number of benzene rings is 2. The van der Waals surface area contributed by atoms with Gasteiger partial charge < -0.3 is 0 Å². The van der Waals surface area contributed by atoms with Crippen molar-refractivity contribution in [3.63, 3.8) is 0 Å². The van der Waals surface area contributed by atoms with Gasteiger partial charge in [0, 0.05) is 5.92 Å². The summed E-state index contributed by atoms with van der Waals surface area (Å²) >= 11 is 0. The summed E-state index contributed by atoms with van der Waals surface area (Å²) in [5.41, 5.74) is 9.69. The van der Waals surface area contributed by atoms with E-state index in [0.29, 0.717) is 5.92 Å². The Morgan fingerprint density at radius 1 is 0.926 bits per heavy atom. The van der Waals surface area contributed by atoms with E-state index in [-0.39, 0.29) is 5.41 Å². The van der Waals surface area contributed by atoms with Crippen molar-refractivity contribution in [2.75, 3.05) is 0 Å². The van der Waals surface area contributed by atoms with Gasteiger partial charge >= 0.3 is 0 Å². The summed E-state index contributed by atoms with van der Waals surface area (Å²) in [4.78, 5) is 0. The third kappa shape index (κ3) is 4.16. The number of aryl methyl sites for hydroxylation is 1. The summed E-state index contributed by atoms with van der Waals surface area (Å²) in [6.45, 7) is 15.4. The highest BCUT2D eigenvalue weighted by molar-refractivity contribution is 5.47. The summed E-state index contributed by atoms with van der Waals surface area (Å²) in [6.07, 6.45) is 6.76. The minimum atomic E-state index is 0.152. The molecule has 0 heterocycles. The van der Waals surface area contributed by atoms with Gasteiger partial charge in [0.2, 0.25) is 0 Å². The highest BCUT2D eigenvalue weighted by Crippen LogP contribution is 2.51. The predicted octanol–water partition coefficient (Wildman–Crippen LogP) is 7.35. The van der Waals surface area contributed by atoms with Gasteiger partial charge in [0.05, 0.1) is 0 Å². The van der Waals surface area contributed by atoms with Crippen LogP contribution >= 0.6 is 0 Å². The van der Waals surface area contributed by atoms with E-state index in [1.165, 1.54) is 33.4 Å². The van der Waals surface area contributed by atoms with Crippen LogP contribution in [0.2, 0.25) is 0 Å². The fourth-order valence-corrected chi connectivity index (χ4v) is 4.50. The van der Waals surface area contributed by atoms with Crippen LogP contribution in [0.3, 0.4) is 0 Å². The molecule has 0 aromatic heterocycles. The molecule has 27 heavy (non-hydrogen) atoms. The van der Waals surface area contributed by atoms with Crippen LogP contribution in [0.15, 0.2) is 84.0 Å². The first-order valence-electron chi connectivity index (χ1n) is 9.94. The molecule has 0 radical (unpaired) electrons. The van der Waals surface area contributed by atoms with Crippen LogP contribution in [0.4, 0.5) is 0 Å². The molecule has 0 aliphatic heterocycles. The molecule has 1 unspecified atom stereocenters. The lowest BCUT2D eigenvalue weighted by Gasteiger charge is -2.37. The summed E-state index contributed by atoms with van der Waals surface area (Å²) in [5.74, 6) is 0.332. The molecule has 0 heteroatoms. The molecular formula is C27H32. The maximum absolute atomic E-state index is 4.35. The lowest BCUT2D eigenvalue weighted by atomic mass is 9.66. The molecule has 0 amide bonds. The van der Waals surface area contributed by atoms with Crippen LogP contribution in [0.25, 0.3) is 0 Å². The highest BCUT2D eigenvalue weighted by atomic mass is 14.4. The van der Waals surface area contributed by atoms with Crippen LogP contribution in [0, 0.1) is 12.3 Å². The molecule has 1 aliphatic carbocycles. The van der Waals surface area contributed by atoms with Crippen molar-refractivity contribution >= 4 is 0 Å². The molecule has 0 fully saturated rings. The van der Waals surface area contributed by atoms with Crippen LogP contribution in [0.5, 0.6) is 0 Å². The summed E-state index contributed by atoms with van der Waals surface area (Å²) in [5, 5.41) is 0. The van der Waals surface area contributed by atoms with Gasteiger partial charge in [-0.15, -0.1) is 0 Å². The monoisotopic (exact) mass is 356 g/mol. The summed E-state index contributed by atoms with van der Waals surface area (Å²) < 4.78 is 0. The highest BCUT2D eigenvalue weighted by Gasteiger charge is 2.42. The van der Waals surface area contributed by atoms with Gasteiger partial charge in [-0.1, -0.05) is 90.9 Å². The van der Waals surface area contributed by atoms with E-state index in [2.05, 4.69) is 102 Å². The standard InChI is InChI=1S/C27H32/c1-19(2)11-16-25(20(3)4)26(22-14-12-21(5)13-15-22)27(6)17-23-9-7-8-10-24(23)18-27/h7-16,26H,3,17-18H2,1-2,4-6H3/b25-16+. The number of rotatable bonds is 5. The fraction of sp³-hybridized carbons (Fsp3) is 0.333. The molecule has 0 bridgehead atoms. The first-order valence-corrected chi connectivity index (χ1v) is 9.94. The van der Waals surface area contributed by atoms with E-state index >= 15 is 0 Å². The molecule has 2 aromatic rings. The maximum Gasteiger partial charge on any atom is 0.0152 e. The number of allylic oxidation sites excluding steroid dienone is 5. The Balaban J connectivity index is 2.13. The second-order valence-corrected chi connectivity index (χ2v) is 8.77. The average Bonchev–Trinajstić information content (AvgIpc) is 2.96. The molecule has 2 aromatic carbocycles. The first-order chi connectivity index (χ1) is 12.8. The SMILES string of the molecule is C=C(C)/C(=C\C=C(C)C)C(c1ccc(C)cc1)C1(C)Cc2ccccc2C1. The van der Waals surface area contributed by atoms with Crippen LogP contribution in [-0.2, 0) is 12.8 Å². The zero-order chi connectivity index (χ0) is 19.6. The van der Waals surface area contributed by atoms with Gasteiger partial charge in [-0.05, 0) is 68.2 Å². The lowest BCUT2D eigenvalue weighted by Crippen LogP contribution is -2.28. The molecule has 0 spiro atoms. The predicted molar refractivity (Wildman–Crippen MR) is 118 cm³/mol. The van der Waals surface area contributed by atoms with Crippen LogP contribution in [0.1, 0.15) is 55.9 Å².